The lowest BCUT2D eigenvalue weighted by Gasteiger charge is -2.09. The van der Waals surface area contributed by atoms with E-state index in [0.29, 0.717) is 12.2 Å². The minimum Gasteiger partial charge on any atom is -0.492 e. The van der Waals surface area contributed by atoms with Gasteiger partial charge in [-0.05, 0) is 66.6 Å². The number of rotatable bonds is 7. The summed E-state index contributed by atoms with van der Waals surface area (Å²) in [4.78, 5) is 11.6. The molecule has 0 aliphatic carbocycles. The van der Waals surface area contributed by atoms with E-state index in [1.54, 1.807) is 13.8 Å². The first kappa shape index (κ1) is 17.0. The van der Waals surface area contributed by atoms with E-state index in [1.807, 2.05) is 24.3 Å². The predicted octanol–water partition coefficient (Wildman–Crippen LogP) is 4.44. The lowest BCUT2D eigenvalue weighted by Crippen LogP contribution is -2.04. The van der Waals surface area contributed by atoms with Gasteiger partial charge in [0.1, 0.15) is 5.75 Å². The maximum absolute atomic E-state index is 11.6. The Labute approximate surface area is 134 Å². The summed E-state index contributed by atoms with van der Waals surface area (Å²) in [6.45, 7) is 6.80. The van der Waals surface area contributed by atoms with E-state index in [0.717, 1.165) is 34.3 Å². The van der Waals surface area contributed by atoms with Gasteiger partial charge in [0.15, 0.2) is 0 Å². The van der Waals surface area contributed by atoms with E-state index in [-0.39, 0.29) is 5.97 Å². The topological polar surface area (TPSA) is 35.5 Å². The third kappa shape index (κ3) is 5.53. The van der Waals surface area contributed by atoms with Crippen LogP contribution in [-0.2, 0) is 9.53 Å². The van der Waals surface area contributed by atoms with Crippen LogP contribution in [0.25, 0.3) is 6.08 Å². The highest BCUT2D eigenvalue weighted by Crippen LogP contribution is 2.24. The summed E-state index contributed by atoms with van der Waals surface area (Å²) < 4.78 is 11.8. The van der Waals surface area contributed by atoms with Crippen molar-refractivity contribution in [3.63, 3.8) is 0 Å². The average molecular weight is 388 g/mol. The smallest absolute Gasteiger partial charge is 0.333 e. The molecule has 0 bridgehead atoms. The van der Waals surface area contributed by atoms with Crippen LogP contribution in [-0.4, -0.2) is 19.2 Å². The summed E-state index contributed by atoms with van der Waals surface area (Å²) in [5, 5.41) is 0. The zero-order valence-electron chi connectivity index (χ0n) is 12.2. The van der Waals surface area contributed by atoms with Crippen LogP contribution < -0.4 is 4.74 Å². The first-order valence-electron chi connectivity index (χ1n) is 6.86. The number of halogens is 1. The van der Waals surface area contributed by atoms with Gasteiger partial charge in [-0.2, -0.15) is 0 Å². The summed E-state index contributed by atoms with van der Waals surface area (Å²) in [5.41, 5.74) is 1.54. The number of unbranched alkanes of at least 4 members (excludes halogenated alkanes) is 1. The van der Waals surface area contributed by atoms with Crippen LogP contribution in [0.4, 0.5) is 0 Å². The molecule has 0 radical (unpaired) electrons. The van der Waals surface area contributed by atoms with Gasteiger partial charge in [-0.15, -0.1) is 0 Å². The Morgan fingerprint density at radius 1 is 1.35 bits per heavy atom. The van der Waals surface area contributed by atoms with Crippen molar-refractivity contribution in [2.75, 3.05) is 13.2 Å². The first-order valence-corrected chi connectivity index (χ1v) is 7.94. The molecular formula is C16H21IO3. The van der Waals surface area contributed by atoms with Crippen LogP contribution in [0.1, 0.15) is 39.2 Å². The molecule has 0 saturated carbocycles. The molecule has 0 aliphatic heterocycles. The second-order valence-electron chi connectivity index (χ2n) is 4.44. The fourth-order valence-electron chi connectivity index (χ4n) is 1.60. The minimum atomic E-state index is -0.278. The van der Waals surface area contributed by atoms with E-state index in [4.69, 9.17) is 9.47 Å². The Morgan fingerprint density at radius 3 is 2.75 bits per heavy atom. The minimum absolute atomic E-state index is 0.278. The summed E-state index contributed by atoms with van der Waals surface area (Å²) in [6.07, 6.45) is 3.97. The molecule has 0 aromatic heterocycles. The molecule has 0 fully saturated rings. The maximum Gasteiger partial charge on any atom is 0.333 e. The normalized spacial score (nSPS) is 11.3. The van der Waals surface area contributed by atoms with Gasteiger partial charge in [-0.25, -0.2) is 4.79 Å². The molecule has 110 valence electrons. The summed E-state index contributed by atoms with van der Waals surface area (Å²) >= 11 is 2.25. The third-order valence-corrected chi connectivity index (χ3v) is 3.58. The number of esters is 1. The summed E-state index contributed by atoms with van der Waals surface area (Å²) in [7, 11) is 0. The molecule has 20 heavy (non-hydrogen) atoms. The fraction of sp³-hybridized carbons (Fsp3) is 0.438. The largest absolute Gasteiger partial charge is 0.492 e. The van der Waals surface area contributed by atoms with Gasteiger partial charge >= 0.3 is 5.97 Å². The van der Waals surface area contributed by atoms with Crippen molar-refractivity contribution in [2.24, 2.45) is 0 Å². The average Bonchev–Trinajstić information content (AvgIpc) is 2.42. The number of ether oxygens (including phenoxy) is 2. The van der Waals surface area contributed by atoms with Gasteiger partial charge in [0.25, 0.3) is 0 Å². The maximum atomic E-state index is 11.6. The van der Waals surface area contributed by atoms with Gasteiger partial charge in [-0.1, -0.05) is 19.4 Å². The van der Waals surface area contributed by atoms with E-state index in [9.17, 15) is 4.79 Å². The highest BCUT2D eigenvalue weighted by Gasteiger charge is 2.06. The monoisotopic (exact) mass is 388 g/mol. The number of hydrogen-bond donors (Lipinski definition) is 0. The van der Waals surface area contributed by atoms with Gasteiger partial charge in [0, 0.05) is 5.57 Å². The van der Waals surface area contributed by atoms with Crippen molar-refractivity contribution in [3.05, 3.63) is 32.9 Å². The van der Waals surface area contributed by atoms with Crippen molar-refractivity contribution in [2.45, 2.75) is 33.6 Å². The SMILES string of the molecule is CCCCOc1cc(C=C(C)C(=O)OCC)ccc1I. The highest BCUT2D eigenvalue weighted by molar-refractivity contribution is 14.1. The Morgan fingerprint density at radius 2 is 2.10 bits per heavy atom. The number of benzene rings is 1. The highest BCUT2D eigenvalue weighted by atomic mass is 127. The van der Waals surface area contributed by atoms with E-state index in [2.05, 4.69) is 29.5 Å². The van der Waals surface area contributed by atoms with Crippen LogP contribution in [0.15, 0.2) is 23.8 Å². The van der Waals surface area contributed by atoms with E-state index in [1.165, 1.54) is 0 Å². The molecule has 0 unspecified atom stereocenters. The molecule has 0 amide bonds. The molecule has 0 heterocycles. The quantitative estimate of drug-likeness (QED) is 0.300. The molecule has 3 nitrogen and oxygen atoms in total. The number of carbonyl (C=O) groups is 1. The van der Waals surface area contributed by atoms with Crippen LogP contribution in [0.2, 0.25) is 0 Å². The summed E-state index contributed by atoms with van der Waals surface area (Å²) in [6, 6.07) is 5.92. The second-order valence-corrected chi connectivity index (χ2v) is 5.60. The molecule has 4 heteroatoms. The van der Waals surface area contributed by atoms with Gasteiger partial charge in [0.05, 0.1) is 16.8 Å². The standard InChI is InChI=1S/C16H21IO3/c1-4-6-9-20-15-11-13(7-8-14(15)17)10-12(3)16(18)19-5-2/h7-8,10-11H,4-6,9H2,1-3H3. The van der Waals surface area contributed by atoms with Crippen LogP contribution in [0.3, 0.4) is 0 Å². The van der Waals surface area contributed by atoms with E-state index >= 15 is 0 Å². The van der Waals surface area contributed by atoms with Crippen molar-refractivity contribution in [1.82, 2.24) is 0 Å². The Bertz CT molecular complexity index is 481. The lowest BCUT2D eigenvalue weighted by molar-refractivity contribution is -0.138. The molecule has 0 N–H and O–H groups in total. The van der Waals surface area contributed by atoms with Crippen molar-refractivity contribution < 1.29 is 14.3 Å². The molecule has 1 aromatic carbocycles. The Hall–Kier alpha value is -1.04. The van der Waals surface area contributed by atoms with Crippen LogP contribution >= 0.6 is 22.6 Å². The molecule has 0 aliphatic rings. The van der Waals surface area contributed by atoms with E-state index < -0.39 is 0 Å². The van der Waals surface area contributed by atoms with Gasteiger partial charge in [-0.3, -0.25) is 0 Å². The van der Waals surface area contributed by atoms with Crippen molar-refractivity contribution in [3.8, 4) is 5.75 Å². The lowest BCUT2D eigenvalue weighted by atomic mass is 10.1. The van der Waals surface area contributed by atoms with Crippen LogP contribution in [0, 0.1) is 3.57 Å². The molecule has 0 saturated heterocycles. The van der Waals surface area contributed by atoms with Gasteiger partial charge in [0.2, 0.25) is 0 Å². The molecule has 1 rings (SSSR count). The zero-order chi connectivity index (χ0) is 15.0. The zero-order valence-corrected chi connectivity index (χ0v) is 14.4. The van der Waals surface area contributed by atoms with Crippen LogP contribution in [0.5, 0.6) is 5.75 Å². The molecule has 1 aromatic rings. The molecular weight excluding hydrogens is 367 g/mol. The summed E-state index contributed by atoms with van der Waals surface area (Å²) in [5.74, 6) is 0.587. The van der Waals surface area contributed by atoms with Crippen molar-refractivity contribution in [1.29, 1.82) is 0 Å². The number of carbonyl (C=O) groups excluding carboxylic acids is 1. The Kier molecular flexibility index (Phi) is 7.65. The fourth-order valence-corrected chi connectivity index (χ4v) is 2.09. The predicted molar refractivity (Wildman–Crippen MR) is 89.8 cm³/mol. The molecule has 0 spiro atoms. The number of hydrogen-bond acceptors (Lipinski definition) is 3. The van der Waals surface area contributed by atoms with Crippen molar-refractivity contribution >= 4 is 34.6 Å². The molecule has 0 atom stereocenters. The Balaban J connectivity index is 2.83. The second kappa shape index (κ2) is 9.00. The third-order valence-electron chi connectivity index (χ3n) is 2.69. The first-order chi connectivity index (χ1) is 9.58. The van der Waals surface area contributed by atoms with Gasteiger partial charge < -0.3 is 9.47 Å².